The van der Waals surface area contributed by atoms with E-state index in [4.69, 9.17) is 9.72 Å². The molecule has 0 atom stereocenters. The number of aromatic nitrogens is 4. The van der Waals surface area contributed by atoms with Gasteiger partial charge in [-0.05, 0) is 54.7 Å². The van der Waals surface area contributed by atoms with Crippen molar-refractivity contribution in [2.24, 2.45) is 0 Å². The molecule has 0 radical (unpaired) electrons. The smallest absolute Gasteiger partial charge is 0.338 e. The first-order valence-electron chi connectivity index (χ1n) is 14.3. The molecule has 2 aromatic heterocycles. The number of carbonyl (C=O) groups excluding carboxylic acids is 1. The zero-order valence-corrected chi connectivity index (χ0v) is 23.5. The maximum atomic E-state index is 12.3. The van der Waals surface area contributed by atoms with E-state index in [1.54, 1.807) is 6.07 Å². The van der Waals surface area contributed by atoms with Crippen LogP contribution in [0, 0.1) is 0 Å². The van der Waals surface area contributed by atoms with E-state index in [0.29, 0.717) is 18.7 Å². The average Bonchev–Trinajstić information content (AvgIpc) is 3.68. The van der Waals surface area contributed by atoms with E-state index in [1.165, 1.54) is 0 Å². The fourth-order valence-electron chi connectivity index (χ4n) is 5.72. The second-order valence-corrected chi connectivity index (χ2v) is 10.1. The number of hydrogen-bond acceptors (Lipinski definition) is 5. The van der Waals surface area contributed by atoms with E-state index in [0.717, 1.165) is 52.1 Å². The summed E-state index contributed by atoms with van der Waals surface area (Å²) in [5, 5.41) is 12.1. The molecule has 0 saturated carbocycles. The number of imidazole rings is 1. The lowest BCUT2D eigenvalue weighted by Crippen LogP contribution is -2.38. The number of rotatable bonds is 11. The Labute approximate surface area is 245 Å². The molecule has 42 heavy (non-hydrogen) atoms. The van der Waals surface area contributed by atoms with Gasteiger partial charge in [-0.15, -0.1) is 0 Å². The minimum absolute atomic E-state index is 0.321. The quantitative estimate of drug-likeness (QED) is 0.104. The topological polar surface area (TPSA) is 84.8 Å². The minimum Gasteiger partial charge on any atom is -0.462 e. The van der Waals surface area contributed by atoms with E-state index >= 15 is 0 Å². The minimum atomic E-state index is -0.633. The van der Waals surface area contributed by atoms with Gasteiger partial charge in [0.15, 0.2) is 0 Å². The second kappa shape index (κ2) is 12.1. The number of carbonyl (C=O) groups is 1. The number of fused-ring (bicyclic) bond motifs is 1. The van der Waals surface area contributed by atoms with Gasteiger partial charge in [-0.25, -0.2) is 9.78 Å². The maximum Gasteiger partial charge on any atom is 0.338 e. The van der Waals surface area contributed by atoms with Gasteiger partial charge < -0.3 is 10.1 Å². The van der Waals surface area contributed by atoms with Crippen LogP contribution in [-0.2, 0) is 16.7 Å². The molecule has 7 heteroatoms. The number of aromatic amines is 1. The normalized spacial score (nSPS) is 11.5. The van der Waals surface area contributed by atoms with E-state index < -0.39 is 5.54 Å². The molecular weight excluding hydrogens is 522 g/mol. The van der Waals surface area contributed by atoms with Gasteiger partial charge >= 0.3 is 5.97 Å². The van der Waals surface area contributed by atoms with Crippen LogP contribution in [0.15, 0.2) is 122 Å². The SMILES string of the molecule is CCOC(=O)c1ccc2n[nH]c(CCCNc3nccn3C(c3ccccc3)(c3ccccc3)c3ccccc3)c2c1. The summed E-state index contributed by atoms with van der Waals surface area (Å²) >= 11 is 0. The van der Waals surface area contributed by atoms with Crippen LogP contribution < -0.4 is 5.32 Å². The van der Waals surface area contributed by atoms with Crippen molar-refractivity contribution in [3.05, 3.63) is 150 Å². The molecule has 0 aliphatic rings. The fourth-order valence-corrected chi connectivity index (χ4v) is 5.72. The summed E-state index contributed by atoms with van der Waals surface area (Å²) in [4.78, 5) is 17.0. The van der Waals surface area contributed by atoms with Gasteiger partial charge in [-0.3, -0.25) is 9.67 Å². The van der Waals surface area contributed by atoms with Gasteiger partial charge in [0, 0.05) is 30.0 Å². The van der Waals surface area contributed by atoms with Crippen LogP contribution in [0.4, 0.5) is 5.95 Å². The fraction of sp³-hybridized carbons (Fsp3) is 0.171. The largest absolute Gasteiger partial charge is 0.462 e. The second-order valence-electron chi connectivity index (χ2n) is 10.1. The van der Waals surface area contributed by atoms with Crippen LogP contribution in [0.2, 0.25) is 0 Å². The van der Waals surface area contributed by atoms with Gasteiger partial charge in [0.2, 0.25) is 5.95 Å². The Bertz CT molecular complexity index is 1660. The summed E-state index contributed by atoms with van der Waals surface area (Å²) in [5.74, 6) is 0.462. The number of ether oxygens (including phenoxy) is 1. The third kappa shape index (κ3) is 5.05. The summed E-state index contributed by atoms with van der Waals surface area (Å²) in [5.41, 5.74) is 5.16. The van der Waals surface area contributed by atoms with E-state index in [9.17, 15) is 4.79 Å². The summed E-state index contributed by atoms with van der Waals surface area (Å²) < 4.78 is 7.42. The predicted molar refractivity (Wildman–Crippen MR) is 166 cm³/mol. The molecule has 0 saturated heterocycles. The Morgan fingerprint density at radius 2 is 1.50 bits per heavy atom. The number of nitrogens with zero attached hydrogens (tertiary/aromatic N) is 3. The molecule has 4 aromatic carbocycles. The van der Waals surface area contributed by atoms with Crippen molar-refractivity contribution in [2.45, 2.75) is 25.3 Å². The number of H-pyrrole nitrogens is 1. The summed E-state index contributed by atoms with van der Waals surface area (Å²) in [6.07, 6.45) is 5.50. The maximum absolute atomic E-state index is 12.3. The zero-order valence-electron chi connectivity index (χ0n) is 23.5. The van der Waals surface area contributed by atoms with Gasteiger partial charge in [0.05, 0.1) is 17.7 Å². The molecule has 0 amide bonds. The first kappa shape index (κ1) is 27.0. The highest BCUT2D eigenvalue weighted by atomic mass is 16.5. The number of aryl methyl sites for hydroxylation is 1. The highest BCUT2D eigenvalue weighted by Gasteiger charge is 2.39. The molecule has 6 rings (SSSR count). The first-order chi connectivity index (χ1) is 20.7. The lowest BCUT2D eigenvalue weighted by Gasteiger charge is -2.38. The Morgan fingerprint density at radius 1 is 0.881 bits per heavy atom. The predicted octanol–water partition coefficient (Wildman–Crippen LogP) is 6.82. The molecule has 210 valence electrons. The standard InChI is InChI=1S/C35H33N5O2/c1-2-42-33(41)26-20-21-32-30(25-26)31(38-39-32)19-12-22-36-34-37-23-24-40(34)35(27-13-6-3-7-14-27,28-15-8-4-9-16-28)29-17-10-5-11-18-29/h3-11,13-18,20-21,23-25H,2,12,19,22H2,1H3,(H,36,37)(H,38,39). The molecule has 0 aliphatic carbocycles. The van der Waals surface area contributed by atoms with Crippen molar-refractivity contribution >= 4 is 22.8 Å². The van der Waals surface area contributed by atoms with Crippen molar-refractivity contribution < 1.29 is 9.53 Å². The van der Waals surface area contributed by atoms with E-state index in [2.05, 4.69) is 99.1 Å². The third-order valence-corrected chi connectivity index (χ3v) is 7.61. The Hall–Kier alpha value is -5.17. The number of anilines is 1. The molecule has 2 N–H and O–H groups in total. The lowest BCUT2D eigenvalue weighted by atomic mass is 9.76. The van der Waals surface area contributed by atoms with Crippen molar-refractivity contribution in [2.75, 3.05) is 18.5 Å². The van der Waals surface area contributed by atoms with Crippen LogP contribution in [0.1, 0.15) is 46.1 Å². The number of benzene rings is 4. The highest BCUT2D eigenvalue weighted by molar-refractivity contribution is 5.95. The lowest BCUT2D eigenvalue weighted by molar-refractivity contribution is 0.0526. The average molecular weight is 556 g/mol. The first-order valence-corrected chi connectivity index (χ1v) is 14.3. The third-order valence-electron chi connectivity index (χ3n) is 7.61. The molecule has 0 bridgehead atoms. The van der Waals surface area contributed by atoms with Crippen LogP contribution in [0.5, 0.6) is 0 Å². The van der Waals surface area contributed by atoms with Crippen molar-refractivity contribution in [1.29, 1.82) is 0 Å². The van der Waals surface area contributed by atoms with Gasteiger partial charge in [0.1, 0.15) is 5.54 Å². The Morgan fingerprint density at radius 3 is 2.10 bits per heavy atom. The van der Waals surface area contributed by atoms with Crippen LogP contribution >= 0.6 is 0 Å². The van der Waals surface area contributed by atoms with Crippen LogP contribution in [-0.4, -0.2) is 38.9 Å². The van der Waals surface area contributed by atoms with Crippen molar-refractivity contribution in [3.63, 3.8) is 0 Å². The molecule has 0 fully saturated rings. The van der Waals surface area contributed by atoms with Gasteiger partial charge in [0.25, 0.3) is 0 Å². The summed E-state index contributed by atoms with van der Waals surface area (Å²) in [7, 11) is 0. The molecule has 2 heterocycles. The summed E-state index contributed by atoms with van der Waals surface area (Å²) in [6.45, 7) is 2.85. The molecule has 0 aliphatic heterocycles. The number of nitrogens with one attached hydrogen (secondary N) is 2. The van der Waals surface area contributed by atoms with E-state index in [-0.39, 0.29) is 5.97 Å². The molecule has 0 unspecified atom stereocenters. The highest BCUT2D eigenvalue weighted by Crippen LogP contribution is 2.42. The van der Waals surface area contributed by atoms with Crippen LogP contribution in [0.25, 0.3) is 10.9 Å². The Kier molecular flexibility index (Phi) is 7.81. The molecule has 0 spiro atoms. The molecule has 6 aromatic rings. The number of esters is 1. The van der Waals surface area contributed by atoms with Gasteiger partial charge in [-0.1, -0.05) is 91.0 Å². The van der Waals surface area contributed by atoms with Crippen LogP contribution in [0.3, 0.4) is 0 Å². The van der Waals surface area contributed by atoms with Gasteiger partial charge in [-0.2, -0.15) is 5.10 Å². The molecule has 7 nitrogen and oxygen atoms in total. The number of hydrogen-bond donors (Lipinski definition) is 2. The monoisotopic (exact) mass is 555 g/mol. The summed E-state index contributed by atoms with van der Waals surface area (Å²) in [6, 6.07) is 37.2. The zero-order chi connectivity index (χ0) is 28.8. The van der Waals surface area contributed by atoms with Crippen molar-refractivity contribution in [3.8, 4) is 0 Å². The molecular formula is C35H33N5O2. The van der Waals surface area contributed by atoms with Crippen molar-refractivity contribution in [1.82, 2.24) is 19.7 Å². The van der Waals surface area contributed by atoms with E-state index in [1.807, 2.05) is 43.5 Å². The Balaban J connectivity index is 1.29.